The number of nitrogens with zero attached hydrogens (tertiary/aromatic N) is 3. The Bertz CT molecular complexity index is 528. The molecule has 0 aromatic heterocycles. The molecule has 1 heterocycles. The molecule has 6 nitrogen and oxygen atoms in total. The summed E-state index contributed by atoms with van der Waals surface area (Å²) in [4.78, 5) is 19.5. The topological polar surface area (TPSA) is 88.0 Å². The number of carbonyl (C=O) groups excluding carboxylic acids is 1. The molecule has 4 N–H and O–H groups in total. The maximum atomic E-state index is 11.3. The number of carbonyl (C=O) groups is 1. The second kappa shape index (κ2) is 5.81. The van der Waals surface area contributed by atoms with Crippen molar-refractivity contribution >= 4 is 23.2 Å². The maximum Gasteiger partial charge on any atom is 0.219 e. The molecule has 0 radical (unpaired) electrons. The Hall–Kier alpha value is -2.24. The van der Waals surface area contributed by atoms with E-state index in [0.717, 1.165) is 37.4 Å². The summed E-state index contributed by atoms with van der Waals surface area (Å²) in [6.45, 7) is 6.89. The average molecular weight is 275 g/mol. The fraction of sp³-hybridized carbons (Fsp3) is 0.429. The van der Waals surface area contributed by atoms with E-state index < -0.39 is 0 Å². The van der Waals surface area contributed by atoms with Gasteiger partial charge in [0.05, 0.1) is 5.69 Å². The lowest BCUT2D eigenvalue weighted by molar-refractivity contribution is -0.129. The second-order valence-electron chi connectivity index (χ2n) is 5.00. The Morgan fingerprint density at radius 3 is 2.35 bits per heavy atom. The van der Waals surface area contributed by atoms with Crippen LogP contribution in [0.2, 0.25) is 0 Å². The zero-order chi connectivity index (χ0) is 14.7. The molecule has 1 saturated heterocycles. The molecule has 1 amide bonds. The predicted octanol–water partition coefficient (Wildman–Crippen LogP) is 0.568. The van der Waals surface area contributed by atoms with Crippen LogP contribution in [0.3, 0.4) is 0 Å². The molecule has 6 heteroatoms. The van der Waals surface area contributed by atoms with Gasteiger partial charge >= 0.3 is 0 Å². The zero-order valence-electron chi connectivity index (χ0n) is 12.0. The average Bonchev–Trinajstić information content (AvgIpc) is 2.38. The summed E-state index contributed by atoms with van der Waals surface area (Å²) in [5.41, 5.74) is 13.8. The van der Waals surface area contributed by atoms with E-state index in [-0.39, 0.29) is 11.9 Å². The molecule has 2 rings (SSSR count). The Labute approximate surface area is 119 Å². The number of hydrogen-bond donors (Lipinski definition) is 2. The highest BCUT2D eigenvalue weighted by Crippen LogP contribution is 2.26. The second-order valence-corrected chi connectivity index (χ2v) is 5.00. The molecule has 0 saturated carbocycles. The number of anilines is 1. The van der Waals surface area contributed by atoms with Crippen LogP contribution in [0.15, 0.2) is 23.2 Å². The summed E-state index contributed by atoms with van der Waals surface area (Å²) in [7, 11) is 0. The first-order valence-corrected chi connectivity index (χ1v) is 6.68. The van der Waals surface area contributed by atoms with E-state index in [1.165, 1.54) is 5.69 Å². The molecule has 0 atom stereocenters. The van der Waals surface area contributed by atoms with Gasteiger partial charge in [0.15, 0.2) is 5.96 Å². The summed E-state index contributed by atoms with van der Waals surface area (Å²) < 4.78 is 0. The molecule has 0 spiro atoms. The fourth-order valence-corrected chi connectivity index (χ4v) is 2.48. The van der Waals surface area contributed by atoms with Crippen LogP contribution in [0.1, 0.15) is 12.5 Å². The van der Waals surface area contributed by atoms with Gasteiger partial charge in [-0.1, -0.05) is 0 Å². The summed E-state index contributed by atoms with van der Waals surface area (Å²) in [6, 6.07) is 5.90. The van der Waals surface area contributed by atoms with Crippen molar-refractivity contribution in [2.45, 2.75) is 13.8 Å². The van der Waals surface area contributed by atoms with E-state index in [1.807, 2.05) is 30.0 Å². The summed E-state index contributed by atoms with van der Waals surface area (Å²) >= 11 is 0. The van der Waals surface area contributed by atoms with Gasteiger partial charge in [-0.3, -0.25) is 4.79 Å². The molecule has 0 bridgehead atoms. The third-order valence-corrected chi connectivity index (χ3v) is 3.50. The molecule has 1 aliphatic heterocycles. The molecular weight excluding hydrogens is 254 g/mol. The first kappa shape index (κ1) is 14.2. The van der Waals surface area contributed by atoms with E-state index in [4.69, 9.17) is 11.5 Å². The summed E-state index contributed by atoms with van der Waals surface area (Å²) in [6.07, 6.45) is 0. The largest absolute Gasteiger partial charge is 0.370 e. The number of piperazine rings is 1. The van der Waals surface area contributed by atoms with E-state index in [0.29, 0.717) is 0 Å². The van der Waals surface area contributed by atoms with Crippen molar-refractivity contribution in [2.24, 2.45) is 16.5 Å². The fourth-order valence-electron chi connectivity index (χ4n) is 2.48. The Kier molecular flexibility index (Phi) is 4.12. The lowest BCUT2D eigenvalue weighted by Crippen LogP contribution is -2.48. The van der Waals surface area contributed by atoms with Crippen LogP contribution < -0.4 is 16.4 Å². The molecule has 108 valence electrons. The van der Waals surface area contributed by atoms with Crippen molar-refractivity contribution in [1.29, 1.82) is 0 Å². The van der Waals surface area contributed by atoms with Crippen molar-refractivity contribution in [3.05, 3.63) is 23.8 Å². The van der Waals surface area contributed by atoms with E-state index in [2.05, 4.69) is 9.89 Å². The molecule has 0 aliphatic carbocycles. The standard InChI is InChI=1S/C14H21N5O/c1-10-9-12(17-14(15)16)3-4-13(10)19-7-5-18(6-8-19)11(2)20/h3-4,9H,5-8H2,1-2H3,(H4,15,16,17). The minimum atomic E-state index is 0.0622. The normalized spacial score (nSPS) is 15.1. The highest BCUT2D eigenvalue weighted by Gasteiger charge is 2.19. The number of hydrogen-bond acceptors (Lipinski definition) is 3. The molecule has 1 aromatic carbocycles. The van der Waals surface area contributed by atoms with Crippen LogP contribution in [0.4, 0.5) is 11.4 Å². The van der Waals surface area contributed by atoms with Gasteiger partial charge in [0, 0.05) is 38.8 Å². The Morgan fingerprint density at radius 2 is 1.85 bits per heavy atom. The first-order valence-electron chi connectivity index (χ1n) is 6.68. The molecule has 1 aromatic rings. The van der Waals surface area contributed by atoms with Crippen LogP contribution in [-0.4, -0.2) is 42.9 Å². The minimum Gasteiger partial charge on any atom is -0.370 e. The number of nitrogens with two attached hydrogens (primary N) is 2. The number of amides is 1. The van der Waals surface area contributed by atoms with Crippen LogP contribution in [0, 0.1) is 6.92 Å². The highest BCUT2D eigenvalue weighted by atomic mass is 16.2. The zero-order valence-corrected chi connectivity index (χ0v) is 12.0. The van der Waals surface area contributed by atoms with Gasteiger partial charge in [-0.15, -0.1) is 0 Å². The van der Waals surface area contributed by atoms with Crippen molar-refractivity contribution < 1.29 is 4.79 Å². The van der Waals surface area contributed by atoms with E-state index in [9.17, 15) is 4.79 Å². The van der Waals surface area contributed by atoms with Gasteiger partial charge in [0.25, 0.3) is 0 Å². The summed E-state index contributed by atoms with van der Waals surface area (Å²) in [5.74, 6) is 0.205. The number of aliphatic imine (C=N–C) groups is 1. The molecule has 20 heavy (non-hydrogen) atoms. The van der Waals surface area contributed by atoms with Gasteiger partial charge in [-0.25, -0.2) is 4.99 Å². The smallest absolute Gasteiger partial charge is 0.219 e. The third kappa shape index (κ3) is 3.20. The van der Waals surface area contributed by atoms with Crippen LogP contribution in [0.5, 0.6) is 0 Å². The van der Waals surface area contributed by atoms with Gasteiger partial charge in [0.2, 0.25) is 5.91 Å². The number of rotatable bonds is 2. The van der Waals surface area contributed by atoms with Crippen LogP contribution >= 0.6 is 0 Å². The van der Waals surface area contributed by atoms with E-state index in [1.54, 1.807) is 6.92 Å². The van der Waals surface area contributed by atoms with Gasteiger partial charge < -0.3 is 21.3 Å². The third-order valence-electron chi connectivity index (χ3n) is 3.50. The number of benzene rings is 1. The number of aryl methyl sites for hydroxylation is 1. The Morgan fingerprint density at radius 1 is 1.20 bits per heavy atom. The van der Waals surface area contributed by atoms with Crippen molar-refractivity contribution in [3.63, 3.8) is 0 Å². The summed E-state index contributed by atoms with van der Waals surface area (Å²) in [5, 5.41) is 0. The van der Waals surface area contributed by atoms with Crippen molar-refractivity contribution in [1.82, 2.24) is 4.90 Å². The maximum absolute atomic E-state index is 11.3. The molecular formula is C14H21N5O. The van der Waals surface area contributed by atoms with Crippen LogP contribution in [0.25, 0.3) is 0 Å². The number of guanidine groups is 1. The van der Waals surface area contributed by atoms with Gasteiger partial charge in [0.1, 0.15) is 0 Å². The molecule has 1 aliphatic rings. The lowest BCUT2D eigenvalue weighted by atomic mass is 10.1. The minimum absolute atomic E-state index is 0.0622. The predicted molar refractivity (Wildman–Crippen MR) is 81.1 cm³/mol. The van der Waals surface area contributed by atoms with Gasteiger partial charge in [-0.2, -0.15) is 0 Å². The van der Waals surface area contributed by atoms with Crippen LogP contribution in [-0.2, 0) is 4.79 Å². The monoisotopic (exact) mass is 275 g/mol. The lowest BCUT2D eigenvalue weighted by Gasteiger charge is -2.36. The Balaban J connectivity index is 2.11. The molecule has 1 fully saturated rings. The van der Waals surface area contributed by atoms with Crippen molar-refractivity contribution in [3.8, 4) is 0 Å². The highest BCUT2D eigenvalue weighted by molar-refractivity contribution is 5.79. The SMILES string of the molecule is CC(=O)N1CCN(c2ccc(N=C(N)N)cc2C)CC1. The van der Waals surface area contributed by atoms with Crippen molar-refractivity contribution in [2.75, 3.05) is 31.1 Å². The van der Waals surface area contributed by atoms with Gasteiger partial charge in [-0.05, 0) is 30.7 Å². The molecule has 0 unspecified atom stereocenters. The quantitative estimate of drug-likeness (QED) is 0.610. The van der Waals surface area contributed by atoms with E-state index >= 15 is 0 Å². The first-order chi connectivity index (χ1) is 9.47.